The van der Waals surface area contributed by atoms with E-state index >= 15 is 0 Å². The van der Waals surface area contributed by atoms with Gasteiger partial charge in [0.25, 0.3) is 0 Å². The first-order valence-corrected chi connectivity index (χ1v) is 3.13. The Kier molecular flexibility index (Phi) is 1.89. The Morgan fingerprint density at radius 2 is 2.00 bits per heavy atom. The SMILES string of the molecule is C=C1C=CCC(C(F)(F)F)=C1. The molecule has 0 N–H and O–H groups in total. The van der Waals surface area contributed by atoms with Crippen LogP contribution in [0.3, 0.4) is 0 Å². The van der Waals surface area contributed by atoms with E-state index in [0.717, 1.165) is 6.08 Å². The van der Waals surface area contributed by atoms with Crippen molar-refractivity contribution in [1.82, 2.24) is 0 Å². The first-order valence-electron chi connectivity index (χ1n) is 3.13. The topological polar surface area (TPSA) is 0 Å². The normalized spacial score (nSPS) is 18.5. The van der Waals surface area contributed by atoms with Gasteiger partial charge in [0.2, 0.25) is 0 Å². The second-order valence-corrected chi connectivity index (χ2v) is 2.35. The molecule has 0 fully saturated rings. The van der Waals surface area contributed by atoms with Crippen LogP contribution in [0.15, 0.2) is 36.0 Å². The third-order valence-corrected chi connectivity index (χ3v) is 1.39. The Hall–Kier alpha value is -0.990. The Morgan fingerprint density at radius 3 is 2.36 bits per heavy atom. The first-order chi connectivity index (χ1) is 5.00. The second-order valence-electron chi connectivity index (χ2n) is 2.35. The summed E-state index contributed by atoms with van der Waals surface area (Å²) in [5, 5.41) is 0. The first kappa shape index (κ1) is 8.11. The van der Waals surface area contributed by atoms with Gasteiger partial charge < -0.3 is 0 Å². The van der Waals surface area contributed by atoms with Crippen molar-refractivity contribution < 1.29 is 13.2 Å². The molecule has 0 aliphatic heterocycles. The van der Waals surface area contributed by atoms with Gasteiger partial charge in [-0.1, -0.05) is 18.7 Å². The van der Waals surface area contributed by atoms with E-state index in [4.69, 9.17) is 0 Å². The van der Waals surface area contributed by atoms with E-state index in [9.17, 15) is 13.2 Å². The van der Waals surface area contributed by atoms with Crippen LogP contribution in [0.4, 0.5) is 13.2 Å². The Balaban J connectivity index is 2.83. The summed E-state index contributed by atoms with van der Waals surface area (Å²) < 4.78 is 35.9. The van der Waals surface area contributed by atoms with Gasteiger partial charge >= 0.3 is 6.18 Å². The molecular weight excluding hydrogens is 153 g/mol. The predicted molar refractivity (Wildman–Crippen MR) is 37.0 cm³/mol. The highest BCUT2D eigenvalue weighted by Gasteiger charge is 2.32. The molecular formula is C8H7F3. The fraction of sp³-hybridized carbons (Fsp3) is 0.250. The standard InChI is InChI=1S/C8H7F3/c1-6-3-2-4-7(5-6)8(9,10)11/h2-3,5H,1,4H2. The van der Waals surface area contributed by atoms with Gasteiger partial charge in [-0.05, 0) is 18.1 Å². The lowest BCUT2D eigenvalue weighted by Gasteiger charge is -2.12. The fourth-order valence-electron chi connectivity index (χ4n) is 0.866. The lowest BCUT2D eigenvalue weighted by molar-refractivity contribution is -0.0930. The number of hydrogen-bond acceptors (Lipinski definition) is 0. The van der Waals surface area contributed by atoms with E-state index in [-0.39, 0.29) is 6.42 Å². The molecule has 11 heavy (non-hydrogen) atoms. The third kappa shape index (κ3) is 1.97. The van der Waals surface area contributed by atoms with Crippen molar-refractivity contribution in [3.8, 4) is 0 Å². The quantitative estimate of drug-likeness (QED) is 0.511. The lowest BCUT2D eigenvalue weighted by atomic mass is 10.0. The predicted octanol–water partition coefficient (Wildman–Crippen LogP) is 2.99. The summed E-state index contributed by atoms with van der Waals surface area (Å²) in [6, 6.07) is 0. The minimum atomic E-state index is -4.20. The molecule has 3 heteroatoms. The minimum Gasteiger partial charge on any atom is -0.166 e. The van der Waals surface area contributed by atoms with Gasteiger partial charge in [-0.15, -0.1) is 0 Å². The van der Waals surface area contributed by atoms with Gasteiger partial charge in [0.05, 0.1) is 0 Å². The van der Waals surface area contributed by atoms with E-state index in [1.807, 2.05) is 0 Å². The largest absolute Gasteiger partial charge is 0.413 e. The summed E-state index contributed by atoms with van der Waals surface area (Å²) in [7, 11) is 0. The summed E-state index contributed by atoms with van der Waals surface area (Å²) in [6.45, 7) is 3.41. The summed E-state index contributed by atoms with van der Waals surface area (Å²) in [5.74, 6) is 0. The molecule has 0 unspecified atom stereocenters. The number of allylic oxidation sites excluding steroid dienone is 5. The van der Waals surface area contributed by atoms with E-state index < -0.39 is 11.7 Å². The van der Waals surface area contributed by atoms with E-state index in [1.165, 1.54) is 6.08 Å². The van der Waals surface area contributed by atoms with Gasteiger partial charge in [-0.2, -0.15) is 13.2 Å². The van der Waals surface area contributed by atoms with Gasteiger partial charge in [0.1, 0.15) is 0 Å². The summed E-state index contributed by atoms with van der Waals surface area (Å²) >= 11 is 0. The van der Waals surface area contributed by atoms with Crippen LogP contribution < -0.4 is 0 Å². The maximum absolute atomic E-state index is 12.0. The van der Waals surface area contributed by atoms with Crippen LogP contribution >= 0.6 is 0 Å². The Bertz CT molecular complexity index is 230. The molecule has 0 atom stereocenters. The molecule has 0 aromatic heterocycles. The van der Waals surface area contributed by atoms with Gasteiger partial charge in [0.15, 0.2) is 0 Å². The minimum absolute atomic E-state index is 0.0392. The fourth-order valence-corrected chi connectivity index (χ4v) is 0.866. The maximum Gasteiger partial charge on any atom is 0.413 e. The van der Waals surface area contributed by atoms with Crippen LogP contribution in [0.5, 0.6) is 0 Å². The van der Waals surface area contributed by atoms with Crippen molar-refractivity contribution in [3.63, 3.8) is 0 Å². The van der Waals surface area contributed by atoms with Crippen molar-refractivity contribution in [3.05, 3.63) is 36.0 Å². The average molecular weight is 160 g/mol. The highest BCUT2D eigenvalue weighted by Crippen LogP contribution is 2.31. The number of hydrogen-bond donors (Lipinski definition) is 0. The van der Waals surface area contributed by atoms with Crippen LogP contribution in [-0.4, -0.2) is 6.18 Å². The van der Waals surface area contributed by atoms with Crippen molar-refractivity contribution in [2.24, 2.45) is 0 Å². The summed E-state index contributed by atoms with van der Waals surface area (Å²) in [5.41, 5.74) is -0.117. The number of halogens is 3. The van der Waals surface area contributed by atoms with E-state index in [0.29, 0.717) is 5.57 Å². The molecule has 0 nitrogen and oxygen atoms in total. The van der Waals surface area contributed by atoms with Crippen molar-refractivity contribution in [2.75, 3.05) is 0 Å². The van der Waals surface area contributed by atoms with Crippen LogP contribution in [0.2, 0.25) is 0 Å². The molecule has 1 aliphatic rings. The molecule has 0 amide bonds. The molecule has 0 saturated heterocycles. The van der Waals surface area contributed by atoms with Crippen LogP contribution in [-0.2, 0) is 0 Å². The monoisotopic (exact) mass is 160 g/mol. The van der Waals surface area contributed by atoms with Crippen molar-refractivity contribution in [1.29, 1.82) is 0 Å². The molecule has 1 rings (SSSR count). The van der Waals surface area contributed by atoms with E-state index in [2.05, 4.69) is 6.58 Å². The molecule has 1 aliphatic carbocycles. The molecule has 0 heterocycles. The molecule has 0 aromatic rings. The zero-order valence-corrected chi connectivity index (χ0v) is 5.78. The van der Waals surface area contributed by atoms with Crippen LogP contribution in [0.25, 0.3) is 0 Å². The van der Waals surface area contributed by atoms with E-state index in [1.54, 1.807) is 6.08 Å². The Morgan fingerprint density at radius 1 is 1.36 bits per heavy atom. The van der Waals surface area contributed by atoms with Gasteiger partial charge in [0, 0.05) is 5.57 Å². The van der Waals surface area contributed by atoms with Gasteiger partial charge in [-0.3, -0.25) is 0 Å². The average Bonchev–Trinajstić information content (AvgIpc) is 1.86. The van der Waals surface area contributed by atoms with Crippen molar-refractivity contribution >= 4 is 0 Å². The molecule has 0 bridgehead atoms. The molecule has 0 saturated carbocycles. The highest BCUT2D eigenvalue weighted by atomic mass is 19.4. The molecule has 0 aromatic carbocycles. The van der Waals surface area contributed by atoms with Crippen molar-refractivity contribution in [2.45, 2.75) is 12.6 Å². The third-order valence-electron chi connectivity index (χ3n) is 1.39. The maximum atomic E-state index is 12.0. The second kappa shape index (κ2) is 2.57. The molecule has 60 valence electrons. The number of alkyl halides is 3. The highest BCUT2D eigenvalue weighted by molar-refractivity contribution is 5.37. The number of rotatable bonds is 0. The molecule has 0 spiro atoms. The van der Waals surface area contributed by atoms with Crippen LogP contribution in [0, 0.1) is 0 Å². The van der Waals surface area contributed by atoms with Gasteiger partial charge in [-0.25, -0.2) is 0 Å². The zero-order chi connectivity index (χ0) is 8.48. The summed E-state index contributed by atoms with van der Waals surface area (Å²) in [6.07, 6.45) is -0.128. The lowest BCUT2D eigenvalue weighted by Crippen LogP contribution is -2.12. The molecule has 0 radical (unpaired) electrons. The van der Waals surface area contributed by atoms with Crippen LogP contribution in [0.1, 0.15) is 6.42 Å². The zero-order valence-electron chi connectivity index (χ0n) is 5.78. The smallest absolute Gasteiger partial charge is 0.166 e. The Labute approximate surface area is 62.7 Å². The summed E-state index contributed by atoms with van der Waals surface area (Å²) in [4.78, 5) is 0.